The Balaban J connectivity index is 3.10. The normalized spacial score (nSPS) is 12.9. The molecule has 1 aromatic rings. The molecule has 6 heteroatoms. The van der Waals surface area contributed by atoms with Gasteiger partial charge in [0.2, 0.25) is 0 Å². The summed E-state index contributed by atoms with van der Waals surface area (Å²) in [5.74, 6) is -4.99. The summed E-state index contributed by atoms with van der Waals surface area (Å²) in [6.45, 7) is 0. The van der Waals surface area contributed by atoms with Crippen molar-refractivity contribution in [3.05, 3.63) is 29.8 Å². The van der Waals surface area contributed by atoms with Crippen LogP contribution in [0.2, 0.25) is 0 Å². The highest BCUT2D eigenvalue weighted by atomic mass is 19.3. The first kappa shape index (κ1) is 10.8. The van der Waals surface area contributed by atoms with Gasteiger partial charge in [0.15, 0.2) is 0 Å². The van der Waals surface area contributed by atoms with Gasteiger partial charge in [0.1, 0.15) is 5.75 Å². The summed E-state index contributed by atoms with van der Waals surface area (Å²) < 4.78 is 49.5. The molecule has 2 nitrogen and oxygen atoms in total. The molecule has 14 heavy (non-hydrogen) atoms. The number of alkyl halides is 4. The molecule has 1 aromatic carbocycles. The Morgan fingerprint density at radius 3 is 1.71 bits per heavy atom. The Morgan fingerprint density at radius 1 is 0.929 bits per heavy atom. The van der Waals surface area contributed by atoms with E-state index in [-0.39, 0.29) is 5.75 Å². The van der Waals surface area contributed by atoms with Gasteiger partial charge in [-0.2, -0.15) is 17.6 Å². The maximum atomic E-state index is 12.7. The van der Waals surface area contributed by atoms with Crippen molar-refractivity contribution in [1.82, 2.24) is 0 Å². The standard InChI is InChI=1S/C8H6F4O2/c9-7(10,8(11,12)14)5-1-3-6(13)4-2-5/h1-4,13-14H. The molecule has 0 aromatic heterocycles. The molecule has 0 bridgehead atoms. The number of aliphatic hydroxyl groups is 1. The molecule has 0 radical (unpaired) electrons. The second-order valence-corrected chi connectivity index (χ2v) is 2.66. The number of benzene rings is 1. The van der Waals surface area contributed by atoms with Crippen LogP contribution in [0, 0.1) is 0 Å². The summed E-state index contributed by atoms with van der Waals surface area (Å²) >= 11 is 0. The zero-order valence-electron chi connectivity index (χ0n) is 6.72. The third-order valence-corrected chi connectivity index (χ3v) is 1.61. The minimum Gasteiger partial charge on any atom is -0.508 e. The topological polar surface area (TPSA) is 40.5 Å². The highest BCUT2D eigenvalue weighted by Crippen LogP contribution is 2.41. The van der Waals surface area contributed by atoms with Crippen LogP contribution in [0.3, 0.4) is 0 Å². The summed E-state index contributed by atoms with van der Waals surface area (Å²) in [5, 5.41) is 16.7. The van der Waals surface area contributed by atoms with Crippen molar-refractivity contribution in [1.29, 1.82) is 0 Å². The van der Waals surface area contributed by atoms with Gasteiger partial charge in [0.05, 0.1) is 0 Å². The smallest absolute Gasteiger partial charge is 0.421 e. The molecule has 0 aliphatic heterocycles. The lowest BCUT2D eigenvalue weighted by atomic mass is 10.1. The van der Waals surface area contributed by atoms with Crippen LogP contribution in [-0.2, 0) is 5.92 Å². The Labute approximate surface area is 76.4 Å². The average molecular weight is 210 g/mol. The third-order valence-electron chi connectivity index (χ3n) is 1.61. The number of phenolic OH excluding ortho intramolecular Hbond substituents is 1. The summed E-state index contributed by atoms with van der Waals surface area (Å²) in [4.78, 5) is 0. The van der Waals surface area contributed by atoms with Crippen LogP contribution < -0.4 is 0 Å². The second-order valence-electron chi connectivity index (χ2n) is 2.66. The van der Waals surface area contributed by atoms with Crippen molar-refractivity contribution < 1.29 is 27.8 Å². The van der Waals surface area contributed by atoms with E-state index in [2.05, 4.69) is 0 Å². The molecule has 0 fully saturated rings. The van der Waals surface area contributed by atoms with E-state index in [9.17, 15) is 17.6 Å². The van der Waals surface area contributed by atoms with Crippen molar-refractivity contribution >= 4 is 0 Å². The van der Waals surface area contributed by atoms with Crippen molar-refractivity contribution in [2.75, 3.05) is 0 Å². The summed E-state index contributed by atoms with van der Waals surface area (Å²) in [5.41, 5.74) is -1.07. The first-order valence-corrected chi connectivity index (χ1v) is 3.52. The molecule has 0 spiro atoms. The molecular weight excluding hydrogens is 204 g/mol. The van der Waals surface area contributed by atoms with E-state index in [1.165, 1.54) is 0 Å². The monoisotopic (exact) mass is 210 g/mol. The second kappa shape index (κ2) is 3.13. The van der Waals surface area contributed by atoms with E-state index in [1.807, 2.05) is 0 Å². The van der Waals surface area contributed by atoms with Gasteiger partial charge in [-0.3, -0.25) is 0 Å². The molecule has 2 N–H and O–H groups in total. The molecular formula is C8H6F4O2. The zero-order valence-corrected chi connectivity index (χ0v) is 6.72. The van der Waals surface area contributed by atoms with Crippen molar-refractivity contribution in [2.45, 2.75) is 12.0 Å². The van der Waals surface area contributed by atoms with Gasteiger partial charge in [0, 0.05) is 5.56 Å². The molecule has 0 saturated heterocycles. The van der Waals surface area contributed by atoms with Gasteiger partial charge in [-0.1, -0.05) is 0 Å². The van der Waals surface area contributed by atoms with Gasteiger partial charge >= 0.3 is 12.0 Å². The van der Waals surface area contributed by atoms with Crippen LogP contribution in [0.1, 0.15) is 5.56 Å². The first-order valence-electron chi connectivity index (χ1n) is 3.52. The van der Waals surface area contributed by atoms with Crippen LogP contribution >= 0.6 is 0 Å². The lowest BCUT2D eigenvalue weighted by molar-refractivity contribution is -0.332. The number of phenols is 1. The minimum atomic E-state index is -5.12. The Morgan fingerprint density at radius 2 is 1.36 bits per heavy atom. The quantitative estimate of drug-likeness (QED) is 0.733. The lowest BCUT2D eigenvalue weighted by Crippen LogP contribution is -2.37. The van der Waals surface area contributed by atoms with Crippen molar-refractivity contribution in [2.24, 2.45) is 0 Å². The van der Waals surface area contributed by atoms with Crippen LogP contribution in [0.25, 0.3) is 0 Å². The Hall–Kier alpha value is -1.30. The van der Waals surface area contributed by atoms with Gasteiger partial charge in [-0.25, -0.2) is 0 Å². The molecule has 0 unspecified atom stereocenters. The van der Waals surface area contributed by atoms with E-state index in [0.717, 1.165) is 12.1 Å². The van der Waals surface area contributed by atoms with Gasteiger partial charge in [-0.15, -0.1) is 0 Å². The summed E-state index contributed by atoms with van der Waals surface area (Å²) in [6.07, 6.45) is -5.12. The molecule has 0 aliphatic carbocycles. The fourth-order valence-electron chi connectivity index (χ4n) is 0.844. The molecule has 0 aliphatic rings. The molecule has 0 atom stereocenters. The van der Waals surface area contributed by atoms with E-state index in [4.69, 9.17) is 10.2 Å². The SMILES string of the molecule is Oc1ccc(C(F)(F)C(O)(F)F)cc1. The largest absolute Gasteiger partial charge is 0.508 e. The zero-order chi connectivity index (χ0) is 11.0. The van der Waals surface area contributed by atoms with E-state index < -0.39 is 17.6 Å². The van der Waals surface area contributed by atoms with Crippen LogP contribution in [-0.4, -0.2) is 16.3 Å². The van der Waals surface area contributed by atoms with Gasteiger partial charge in [0.25, 0.3) is 0 Å². The predicted molar refractivity (Wildman–Crippen MR) is 39.2 cm³/mol. The average Bonchev–Trinajstić information content (AvgIpc) is 2.03. The minimum absolute atomic E-state index is 0.328. The summed E-state index contributed by atoms with van der Waals surface area (Å²) in [6, 6.07) is 2.88. The fourth-order valence-corrected chi connectivity index (χ4v) is 0.844. The molecule has 0 saturated carbocycles. The summed E-state index contributed by atoms with van der Waals surface area (Å²) in [7, 11) is 0. The number of hydrogen-bond acceptors (Lipinski definition) is 2. The van der Waals surface area contributed by atoms with Crippen LogP contribution in [0.5, 0.6) is 5.75 Å². The Bertz CT molecular complexity index is 315. The molecule has 78 valence electrons. The van der Waals surface area contributed by atoms with Gasteiger partial charge in [-0.05, 0) is 24.3 Å². The number of hydrogen-bond donors (Lipinski definition) is 2. The van der Waals surface area contributed by atoms with Crippen molar-refractivity contribution in [3.63, 3.8) is 0 Å². The van der Waals surface area contributed by atoms with E-state index in [0.29, 0.717) is 12.1 Å². The van der Waals surface area contributed by atoms with E-state index >= 15 is 0 Å². The highest BCUT2D eigenvalue weighted by molar-refractivity contribution is 5.29. The first-order chi connectivity index (χ1) is 6.25. The number of halogens is 4. The predicted octanol–water partition coefficient (Wildman–Crippen LogP) is 2.07. The number of aromatic hydroxyl groups is 1. The third kappa shape index (κ3) is 1.79. The fraction of sp³-hybridized carbons (Fsp3) is 0.250. The maximum absolute atomic E-state index is 12.7. The van der Waals surface area contributed by atoms with Crippen molar-refractivity contribution in [3.8, 4) is 5.75 Å². The van der Waals surface area contributed by atoms with E-state index in [1.54, 1.807) is 0 Å². The Kier molecular flexibility index (Phi) is 2.41. The maximum Gasteiger partial charge on any atom is 0.421 e. The highest BCUT2D eigenvalue weighted by Gasteiger charge is 2.56. The molecule has 1 rings (SSSR count). The molecule has 0 amide bonds. The van der Waals surface area contributed by atoms with Crippen LogP contribution in [0.15, 0.2) is 24.3 Å². The lowest BCUT2D eigenvalue weighted by Gasteiger charge is -2.21. The molecule has 0 heterocycles. The number of rotatable bonds is 2. The van der Waals surface area contributed by atoms with Gasteiger partial charge < -0.3 is 10.2 Å². The van der Waals surface area contributed by atoms with Crippen LogP contribution in [0.4, 0.5) is 17.6 Å².